The fourth-order valence-corrected chi connectivity index (χ4v) is 4.61. The van der Waals surface area contributed by atoms with Gasteiger partial charge in [-0.3, -0.25) is 4.57 Å². The van der Waals surface area contributed by atoms with Crippen molar-refractivity contribution in [2.75, 3.05) is 13.1 Å². The molecule has 1 aromatic carbocycles. The average molecular weight is 388 g/mol. The van der Waals surface area contributed by atoms with Crippen molar-refractivity contribution in [1.29, 1.82) is 0 Å². The lowest BCUT2D eigenvalue weighted by Crippen LogP contribution is -3.14. The summed E-state index contributed by atoms with van der Waals surface area (Å²) in [5, 5.41) is 6.97. The van der Waals surface area contributed by atoms with E-state index < -0.39 is 0 Å². The van der Waals surface area contributed by atoms with Crippen molar-refractivity contribution in [3.63, 3.8) is 0 Å². The zero-order chi connectivity index (χ0) is 18.1. The van der Waals surface area contributed by atoms with E-state index in [1.807, 2.05) is 28.9 Å². The lowest BCUT2D eigenvalue weighted by atomic mass is 10.2. The van der Waals surface area contributed by atoms with Gasteiger partial charge in [-0.25, -0.2) is 0 Å². The highest BCUT2D eigenvalue weighted by molar-refractivity contribution is 7.71. The molecule has 4 rings (SSSR count). The van der Waals surface area contributed by atoms with Crippen LogP contribution in [0, 0.1) is 4.77 Å². The molecule has 0 spiro atoms. The summed E-state index contributed by atoms with van der Waals surface area (Å²) < 4.78 is 10.6. The Hall–Kier alpha value is -1.80. The number of rotatable bonds is 4. The molecular formula is C19H23N4OS2+. The molecule has 136 valence electrons. The van der Waals surface area contributed by atoms with Crippen LogP contribution in [-0.2, 0) is 11.4 Å². The number of para-hydroxylation sites is 1. The molecule has 3 atom stereocenters. The van der Waals surface area contributed by atoms with Crippen molar-refractivity contribution in [1.82, 2.24) is 14.3 Å². The van der Waals surface area contributed by atoms with E-state index in [0.717, 1.165) is 40.9 Å². The number of nitrogens with one attached hydrogen (secondary N) is 1. The second-order valence-corrected chi connectivity index (χ2v) is 8.14. The summed E-state index contributed by atoms with van der Waals surface area (Å²) in [6, 6.07) is 14.4. The van der Waals surface area contributed by atoms with Gasteiger partial charge in [-0.2, -0.15) is 4.68 Å². The Morgan fingerprint density at radius 3 is 2.54 bits per heavy atom. The molecule has 0 saturated carbocycles. The van der Waals surface area contributed by atoms with Gasteiger partial charge in [-0.15, -0.1) is 16.4 Å². The van der Waals surface area contributed by atoms with Gasteiger partial charge in [-0.05, 0) is 49.6 Å². The first-order valence-electron chi connectivity index (χ1n) is 8.90. The SMILES string of the molecule is C[C@@H]1C[NH+](Cn2nc(-c3cccs3)n(-c3ccccc3)c2=S)C[C@H](C)O1. The zero-order valence-electron chi connectivity index (χ0n) is 15.0. The number of hydrogen-bond donors (Lipinski definition) is 1. The van der Waals surface area contributed by atoms with E-state index in [1.165, 1.54) is 4.90 Å². The van der Waals surface area contributed by atoms with Crippen LogP contribution in [-0.4, -0.2) is 39.6 Å². The van der Waals surface area contributed by atoms with Crippen molar-refractivity contribution in [2.45, 2.75) is 32.7 Å². The second kappa shape index (κ2) is 7.44. The van der Waals surface area contributed by atoms with Crippen LogP contribution in [0.5, 0.6) is 0 Å². The number of aromatic nitrogens is 3. The maximum atomic E-state index is 5.86. The minimum Gasteiger partial charge on any atom is -0.364 e. The lowest BCUT2D eigenvalue weighted by Gasteiger charge is -2.32. The van der Waals surface area contributed by atoms with Gasteiger partial charge in [0.15, 0.2) is 12.5 Å². The first-order valence-corrected chi connectivity index (χ1v) is 10.2. The Bertz CT molecular complexity index is 907. The van der Waals surface area contributed by atoms with E-state index >= 15 is 0 Å². The Morgan fingerprint density at radius 1 is 1.15 bits per heavy atom. The third kappa shape index (κ3) is 3.53. The molecule has 1 unspecified atom stereocenters. The van der Waals surface area contributed by atoms with Crippen LogP contribution >= 0.6 is 23.6 Å². The van der Waals surface area contributed by atoms with Gasteiger partial charge in [0, 0.05) is 0 Å². The highest BCUT2D eigenvalue weighted by Gasteiger charge is 2.27. The molecule has 3 heterocycles. The standard InChI is InChI=1S/C19H22N4OS2/c1-14-11-21(12-15(2)24-14)13-22-19(25)23(16-7-4-3-5-8-16)18(20-22)17-9-6-10-26-17/h3-10,14-15H,11-13H2,1-2H3/p+1/t14-,15+. The molecule has 1 saturated heterocycles. The van der Waals surface area contributed by atoms with Crippen LogP contribution in [0.3, 0.4) is 0 Å². The Balaban J connectivity index is 1.74. The lowest BCUT2D eigenvalue weighted by molar-refractivity contribution is -0.937. The number of quaternary nitrogens is 1. The highest BCUT2D eigenvalue weighted by atomic mass is 32.1. The smallest absolute Gasteiger partial charge is 0.207 e. The maximum Gasteiger partial charge on any atom is 0.207 e. The van der Waals surface area contributed by atoms with Crippen molar-refractivity contribution in [2.24, 2.45) is 0 Å². The quantitative estimate of drug-likeness (QED) is 0.700. The fraction of sp³-hybridized carbons (Fsp3) is 0.368. The molecule has 5 nitrogen and oxygen atoms in total. The van der Waals surface area contributed by atoms with Crippen LogP contribution in [0.2, 0.25) is 0 Å². The summed E-state index contributed by atoms with van der Waals surface area (Å²) in [4.78, 5) is 2.57. The molecule has 0 radical (unpaired) electrons. The molecule has 1 fully saturated rings. The Kier molecular flexibility index (Phi) is 5.04. The summed E-state index contributed by atoms with van der Waals surface area (Å²) in [7, 11) is 0. The average Bonchev–Trinajstić information content (AvgIpc) is 3.24. The van der Waals surface area contributed by atoms with Crippen LogP contribution in [0.4, 0.5) is 0 Å². The molecule has 0 aliphatic carbocycles. The largest absolute Gasteiger partial charge is 0.364 e. The van der Waals surface area contributed by atoms with Gasteiger partial charge >= 0.3 is 0 Å². The molecule has 1 aliphatic rings. The van der Waals surface area contributed by atoms with Gasteiger partial charge in [0.1, 0.15) is 25.3 Å². The molecule has 26 heavy (non-hydrogen) atoms. The third-order valence-corrected chi connectivity index (χ3v) is 5.84. The number of nitrogens with zero attached hydrogens (tertiary/aromatic N) is 3. The first-order chi connectivity index (χ1) is 12.6. The van der Waals surface area contributed by atoms with E-state index in [-0.39, 0.29) is 12.2 Å². The highest BCUT2D eigenvalue weighted by Crippen LogP contribution is 2.26. The number of morpholine rings is 1. The summed E-state index contributed by atoms with van der Waals surface area (Å²) >= 11 is 7.50. The number of benzene rings is 1. The van der Waals surface area contributed by atoms with Gasteiger partial charge in [-0.1, -0.05) is 24.3 Å². The van der Waals surface area contributed by atoms with Gasteiger partial charge in [0.25, 0.3) is 0 Å². The maximum absolute atomic E-state index is 5.86. The van der Waals surface area contributed by atoms with Gasteiger partial charge in [0.2, 0.25) is 4.77 Å². The van der Waals surface area contributed by atoms with Crippen molar-refractivity contribution in [3.8, 4) is 16.4 Å². The Morgan fingerprint density at radius 2 is 1.88 bits per heavy atom. The van der Waals surface area contributed by atoms with Gasteiger partial charge < -0.3 is 9.64 Å². The van der Waals surface area contributed by atoms with E-state index in [9.17, 15) is 0 Å². The molecule has 7 heteroatoms. The fourth-order valence-electron chi connectivity index (χ4n) is 3.62. The van der Waals surface area contributed by atoms with E-state index in [2.05, 4.69) is 42.0 Å². The molecule has 0 bridgehead atoms. The van der Waals surface area contributed by atoms with E-state index in [4.69, 9.17) is 22.1 Å². The van der Waals surface area contributed by atoms with Crippen LogP contribution in [0.25, 0.3) is 16.4 Å². The summed E-state index contributed by atoms with van der Waals surface area (Å²) in [6.07, 6.45) is 0.520. The summed E-state index contributed by atoms with van der Waals surface area (Å²) in [5.74, 6) is 0.907. The summed E-state index contributed by atoms with van der Waals surface area (Å²) in [5.41, 5.74) is 1.05. The van der Waals surface area contributed by atoms with Crippen LogP contribution in [0.1, 0.15) is 13.8 Å². The van der Waals surface area contributed by atoms with E-state index in [1.54, 1.807) is 11.3 Å². The third-order valence-electron chi connectivity index (χ3n) is 4.59. The zero-order valence-corrected chi connectivity index (χ0v) is 16.6. The monoisotopic (exact) mass is 387 g/mol. The van der Waals surface area contributed by atoms with Crippen LogP contribution in [0.15, 0.2) is 47.8 Å². The molecule has 0 amide bonds. The number of ether oxygens (including phenoxy) is 1. The van der Waals surface area contributed by atoms with E-state index in [0.29, 0.717) is 0 Å². The Labute approximate surface area is 162 Å². The molecular weight excluding hydrogens is 364 g/mol. The molecule has 1 aliphatic heterocycles. The molecule has 1 N–H and O–H groups in total. The second-order valence-electron chi connectivity index (χ2n) is 6.83. The van der Waals surface area contributed by atoms with Crippen molar-refractivity contribution < 1.29 is 9.64 Å². The topological polar surface area (TPSA) is 36.4 Å². The predicted octanol–water partition coefficient (Wildman–Crippen LogP) is 2.78. The normalized spacial score (nSPS) is 23.2. The number of thiophene rings is 1. The predicted molar refractivity (Wildman–Crippen MR) is 106 cm³/mol. The van der Waals surface area contributed by atoms with Crippen LogP contribution < -0.4 is 4.90 Å². The minimum absolute atomic E-state index is 0.260. The minimum atomic E-state index is 0.260. The van der Waals surface area contributed by atoms with Crippen molar-refractivity contribution >= 4 is 23.6 Å². The molecule has 3 aromatic rings. The number of hydrogen-bond acceptors (Lipinski definition) is 4. The molecule has 2 aromatic heterocycles. The first kappa shape index (κ1) is 17.6. The van der Waals surface area contributed by atoms with Crippen molar-refractivity contribution in [3.05, 3.63) is 52.6 Å². The van der Waals surface area contributed by atoms with Gasteiger partial charge in [0.05, 0.1) is 10.6 Å². The summed E-state index contributed by atoms with van der Waals surface area (Å²) in [6.45, 7) is 6.97.